The van der Waals surface area contributed by atoms with Crippen molar-refractivity contribution in [3.63, 3.8) is 0 Å². The lowest BCUT2D eigenvalue weighted by atomic mass is 10.0. The molecule has 2 rings (SSSR count). The largest absolute Gasteiger partial charge is 0.368 e. The first-order chi connectivity index (χ1) is 9.58. The maximum Gasteiger partial charge on any atom is 0.251 e. The quantitative estimate of drug-likeness (QED) is 0.889. The molecular formula is C16H16N2O2. The van der Waals surface area contributed by atoms with E-state index in [0.29, 0.717) is 5.56 Å². The highest BCUT2D eigenvalue weighted by Gasteiger charge is 2.13. The molecule has 4 heteroatoms. The van der Waals surface area contributed by atoms with Gasteiger partial charge in [0.2, 0.25) is 5.91 Å². The van der Waals surface area contributed by atoms with Gasteiger partial charge in [-0.2, -0.15) is 0 Å². The second-order valence-corrected chi connectivity index (χ2v) is 4.54. The normalized spacial score (nSPS) is 11.7. The van der Waals surface area contributed by atoms with E-state index in [1.807, 2.05) is 42.5 Å². The zero-order chi connectivity index (χ0) is 14.5. The Balaban J connectivity index is 2.12. The van der Waals surface area contributed by atoms with Crippen molar-refractivity contribution in [1.82, 2.24) is 5.32 Å². The lowest BCUT2D eigenvalue weighted by Crippen LogP contribution is -2.42. The summed E-state index contributed by atoms with van der Waals surface area (Å²) in [5, 5.41) is 2.54. The van der Waals surface area contributed by atoms with Crippen molar-refractivity contribution in [3.8, 4) is 11.1 Å². The molecule has 2 amide bonds. The van der Waals surface area contributed by atoms with Gasteiger partial charge in [0.05, 0.1) is 0 Å². The van der Waals surface area contributed by atoms with Crippen molar-refractivity contribution in [2.75, 3.05) is 0 Å². The highest BCUT2D eigenvalue weighted by Crippen LogP contribution is 2.19. The molecule has 0 saturated heterocycles. The van der Waals surface area contributed by atoms with Gasteiger partial charge in [0.15, 0.2) is 0 Å². The third-order valence-corrected chi connectivity index (χ3v) is 3.03. The molecule has 0 spiro atoms. The summed E-state index contributed by atoms with van der Waals surface area (Å²) in [7, 11) is 0. The maximum atomic E-state index is 11.9. The van der Waals surface area contributed by atoms with Crippen LogP contribution < -0.4 is 11.1 Å². The van der Waals surface area contributed by atoms with Gasteiger partial charge < -0.3 is 11.1 Å². The fourth-order valence-electron chi connectivity index (χ4n) is 1.80. The van der Waals surface area contributed by atoms with Crippen molar-refractivity contribution in [1.29, 1.82) is 0 Å². The van der Waals surface area contributed by atoms with Crippen LogP contribution in [-0.4, -0.2) is 17.9 Å². The summed E-state index contributed by atoms with van der Waals surface area (Å²) < 4.78 is 0. The molecule has 20 heavy (non-hydrogen) atoms. The van der Waals surface area contributed by atoms with E-state index >= 15 is 0 Å². The van der Waals surface area contributed by atoms with Crippen molar-refractivity contribution in [3.05, 3.63) is 60.2 Å². The van der Waals surface area contributed by atoms with Crippen LogP contribution in [0.3, 0.4) is 0 Å². The van der Waals surface area contributed by atoms with Gasteiger partial charge in [-0.25, -0.2) is 0 Å². The average Bonchev–Trinajstić information content (AvgIpc) is 2.48. The van der Waals surface area contributed by atoms with Crippen LogP contribution in [0.2, 0.25) is 0 Å². The standard InChI is InChI=1S/C16H16N2O2/c1-11(15(17)19)18-16(20)14-9-7-13(8-10-14)12-5-3-2-4-6-12/h2-11H,1H3,(H2,17,19)(H,18,20). The third kappa shape index (κ3) is 3.23. The molecule has 0 fully saturated rings. The molecule has 1 atom stereocenters. The fourth-order valence-corrected chi connectivity index (χ4v) is 1.80. The number of carbonyl (C=O) groups is 2. The van der Waals surface area contributed by atoms with E-state index in [1.165, 1.54) is 0 Å². The minimum absolute atomic E-state index is 0.309. The number of rotatable bonds is 4. The molecule has 0 heterocycles. The van der Waals surface area contributed by atoms with Crippen molar-refractivity contribution in [2.24, 2.45) is 5.73 Å². The molecule has 102 valence electrons. The van der Waals surface area contributed by atoms with Gasteiger partial charge in [0.1, 0.15) is 6.04 Å². The number of hydrogen-bond acceptors (Lipinski definition) is 2. The highest BCUT2D eigenvalue weighted by atomic mass is 16.2. The van der Waals surface area contributed by atoms with Crippen LogP contribution in [0.5, 0.6) is 0 Å². The van der Waals surface area contributed by atoms with Crippen LogP contribution >= 0.6 is 0 Å². The Bertz CT molecular complexity index is 606. The van der Waals surface area contributed by atoms with Crippen molar-refractivity contribution < 1.29 is 9.59 Å². The predicted octanol–water partition coefficient (Wildman–Crippen LogP) is 1.96. The van der Waals surface area contributed by atoms with E-state index in [2.05, 4.69) is 5.32 Å². The molecule has 0 aliphatic carbocycles. The molecule has 0 radical (unpaired) electrons. The first kappa shape index (κ1) is 13.8. The van der Waals surface area contributed by atoms with Crippen LogP contribution in [-0.2, 0) is 4.79 Å². The predicted molar refractivity (Wildman–Crippen MR) is 78.0 cm³/mol. The molecule has 4 nitrogen and oxygen atoms in total. The first-order valence-electron chi connectivity index (χ1n) is 6.33. The number of carbonyl (C=O) groups excluding carboxylic acids is 2. The zero-order valence-corrected chi connectivity index (χ0v) is 11.2. The Hall–Kier alpha value is -2.62. The average molecular weight is 268 g/mol. The number of nitrogens with two attached hydrogens (primary N) is 1. The van der Waals surface area contributed by atoms with Gasteiger partial charge in [-0.1, -0.05) is 42.5 Å². The van der Waals surface area contributed by atoms with Crippen LogP contribution in [0.15, 0.2) is 54.6 Å². The summed E-state index contributed by atoms with van der Waals surface area (Å²) in [5.74, 6) is -0.866. The maximum absolute atomic E-state index is 11.9. The number of amides is 2. The highest BCUT2D eigenvalue weighted by molar-refractivity contribution is 5.97. The molecule has 0 saturated carbocycles. The number of hydrogen-bond donors (Lipinski definition) is 2. The molecule has 0 aromatic heterocycles. The monoisotopic (exact) mass is 268 g/mol. The minimum Gasteiger partial charge on any atom is -0.368 e. The molecule has 3 N–H and O–H groups in total. The smallest absolute Gasteiger partial charge is 0.251 e. The number of benzene rings is 2. The number of primary amides is 1. The zero-order valence-electron chi connectivity index (χ0n) is 11.2. The molecule has 0 bridgehead atoms. The molecule has 1 unspecified atom stereocenters. The summed E-state index contributed by atoms with van der Waals surface area (Å²) in [6.07, 6.45) is 0. The summed E-state index contributed by atoms with van der Waals surface area (Å²) in [5.41, 5.74) is 7.73. The summed E-state index contributed by atoms with van der Waals surface area (Å²) in [6.45, 7) is 1.55. The van der Waals surface area contributed by atoms with Crippen molar-refractivity contribution in [2.45, 2.75) is 13.0 Å². The molecular weight excluding hydrogens is 252 g/mol. The van der Waals surface area contributed by atoms with E-state index in [0.717, 1.165) is 11.1 Å². The third-order valence-electron chi connectivity index (χ3n) is 3.03. The number of nitrogens with one attached hydrogen (secondary N) is 1. The van der Waals surface area contributed by atoms with Crippen LogP contribution in [0.1, 0.15) is 17.3 Å². The SMILES string of the molecule is CC(NC(=O)c1ccc(-c2ccccc2)cc1)C(N)=O. The Morgan fingerprint density at radius 2 is 1.50 bits per heavy atom. The summed E-state index contributed by atoms with van der Waals surface area (Å²) in [6, 6.07) is 16.4. The lowest BCUT2D eigenvalue weighted by Gasteiger charge is -2.10. The van der Waals surface area contributed by atoms with E-state index < -0.39 is 11.9 Å². The summed E-state index contributed by atoms with van der Waals surface area (Å²) >= 11 is 0. The molecule has 0 aliphatic rings. The first-order valence-corrected chi connectivity index (χ1v) is 6.33. The molecule has 0 aliphatic heterocycles. The van der Waals surface area contributed by atoms with Gasteiger partial charge in [-0.15, -0.1) is 0 Å². The Kier molecular flexibility index (Phi) is 4.15. The topological polar surface area (TPSA) is 72.2 Å². The van der Waals surface area contributed by atoms with Gasteiger partial charge in [0, 0.05) is 5.56 Å². The fraction of sp³-hybridized carbons (Fsp3) is 0.125. The van der Waals surface area contributed by atoms with Crippen LogP contribution in [0, 0.1) is 0 Å². The molecule has 2 aromatic carbocycles. The van der Waals surface area contributed by atoms with Crippen LogP contribution in [0.4, 0.5) is 0 Å². The molecule has 2 aromatic rings. The van der Waals surface area contributed by atoms with E-state index in [4.69, 9.17) is 5.73 Å². The van der Waals surface area contributed by atoms with Crippen molar-refractivity contribution >= 4 is 11.8 Å². The van der Waals surface area contributed by atoms with Gasteiger partial charge in [-0.3, -0.25) is 9.59 Å². The minimum atomic E-state index is -0.684. The van der Waals surface area contributed by atoms with E-state index in [1.54, 1.807) is 19.1 Å². The second-order valence-electron chi connectivity index (χ2n) is 4.54. The Morgan fingerprint density at radius 3 is 2.05 bits per heavy atom. The van der Waals surface area contributed by atoms with E-state index in [-0.39, 0.29) is 5.91 Å². The summed E-state index contributed by atoms with van der Waals surface area (Å²) in [4.78, 5) is 22.8. The Labute approximate surface area is 117 Å². The van der Waals surface area contributed by atoms with E-state index in [9.17, 15) is 9.59 Å². The Morgan fingerprint density at radius 1 is 0.950 bits per heavy atom. The van der Waals surface area contributed by atoms with Gasteiger partial charge >= 0.3 is 0 Å². The lowest BCUT2D eigenvalue weighted by molar-refractivity contribution is -0.119. The van der Waals surface area contributed by atoms with Crippen LogP contribution in [0.25, 0.3) is 11.1 Å². The second kappa shape index (κ2) is 6.02. The van der Waals surface area contributed by atoms with Gasteiger partial charge in [0.25, 0.3) is 5.91 Å². The van der Waals surface area contributed by atoms with Gasteiger partial charge in [-0.05, 0) is 30.2 Å².